The molecular weight excluding hydrogens is 548 g/mol. The molecule has 0 aliphatic heterocycles. The van der Waals surface area contributed by atoms with Crippen LogP contribution in [0.2, 0.25) is 0 Å². The lowest BCUT2D eigenvalue weighted by molar-refractivity contribution is 0.404. The zero-order chi connectivity index (χ0) is 29.9. The Balaban J connectivity index is 1.34. The van der Waals surface area contributed by atoms with E-state index in [-0.39, 0.29) is 23.6 Å². The van der Waals surface area contributed by atoms with Crippen molar-refractivity contribution in [3.8, 4) is 11.5 Å². The van der Waals surface area contributed by atoms with Crippen molar-refractivity contribution in [3.63, 3.8) is 0 Å². The highest BCUT2D eigenvalue weighted by molar-refractivity contribution is 5.73. The Bertz CT molecular complexity index is 1840. The number of hydrogen-bond donors (Lipinski definition) is 2. The zero-order valence-electron chi connectivity index (χ0n) is 24.1. The average Bonchev–Trinajstić information content (AvgIpc) is 3.68. The van der Waals surface area contributed by atoms with Crippen molar-refractivity contribution in [2.24, 2.45) is 0 Å². The molecular formula is C36H32N6O2. The number of nitrogens with zero attached hydrogens (tertiary/aromatic N) is 6. The molecule has 0 saturated heterocycles. The van der Waals surface area contributed by atoms with Crippen molar-refractivity contribution in [3.05, 3.63) is 144 Å². The maximum absolute atomic E-state index is 10.6. The monoisotopic (exact) mass is 580 g/mol. The summed E-state index contributed by atoms with van der Waals surface area (Å²) in [4.78, 5) is 3.63. The third-order valence-electron chi connectivity index (χ3n) is 8.23. The van der Waals surface area contributed by atoms with E-state index in [1.54, 1.807) is 12.1 Å². The highest BCUT2D eigenvalue weighted by atomic mass is 16.3. The molecule has 0 fully saturated rings. The third-order valence-corrected chi connectivity index (χ3v) is 8.23. The first-order valence-corrected chi connectivity index (χ1v) is 14.9. The van der Waals surface area contributed by atoms with Crippen molar-refractivity contribution < 1.29 is 10.2 Å². The van der Waals surface area contributed by atoms with Crippen molar-refractivity contribution in [1.82, 2.24) is 30.0 Å². The Labute approximate surface area is 254 Å². The van der Waals surface area contributed by atoms with Gasteiger partial charge in [0.2, 0.25) is 0 Å². The first-order chi connectivity index (χ1) is 21.6. The molecule has 2 unspecified atom stereocenters. The summed E-state index contributed by atoms with van der Waals surface area (Å²) in [6.07, 6.45) is 2.60. The number of aromatic hydroxyl groups is 2. The van der Waals surface area contributed by atoms with Gasteiger partial charge in [-0.2, -0.15) is 30.0 Å². The maximum atomic E-state index is 10.6. The van der Waals surface area contributed by atoms with Crippen LogP contribution in [0.25, 0.3) is 22.1 Å². The van der Waals surface area contributed by atoms with E-state index in [0.29, 0.717) is 25.7 Å². The quantitative estimate of drug-likeness (QED) is 0.180. The van der Waals surface area contributed by atoms with Crippen LogP contribution in [-0.2, 0) is 12.8 Å². The SMILES string of the molecule is Oc1ccccc1CCC(c1ccccc1C(CCc1ccccc1O)n1nc2ccccc2n1)n1nc2ccccc2n1. The molecule has 44 heavy (non-hydrogen) atoms. The summed E-state index contributed by atoms with van der Waals surface area (Å²) < 4.78 is 0. The molecule has 7 rings (SSSR count). The number of rotatable bonds is 10. The highest BCUT2D eigenvalue weighted by Crippen LogP contribution is 2.35. The van der Waals surface area contributed by atoms with Crippen LogP contribution >= 0.6 is 0 Å². The smallest absolute Gasteiger partial charge is 0.118 e. The normalized spacial score (nSPS) is 12.9. The van der Waals surface area contributed by atoms with E-state index in [0.717, 1.165) is 44.3 Å². The molecule has 2 heterocycles. The predicted molar refractivity (Wildman–Crippen MR) is 171 cm³/mol. The van der Waals surface area contributed by atoms with Gasteiger partial charge in [-0.3, -0.25) is 0 Å². The zero-order valence-corrected chi connectivity index (χ0v) is 24.1. The van der Waals surface area contributed by atoms with Crippen LogP contribution in [0.3, 0.4) is 0 Å². The number of fused-ring (bicyclic) bond motifs is 2. The number of phenols is 2. The summed E-state index contributed by atoms with van der Waals surface area (Å²) in [7, 11) is 0. The minimum absolute atomic E-state index is 0.226. The molecule has 218 valence electrons. The summed E-state index contributed by atoms with van der Waals surface area (Å²) in [6, 6.07) is 38.6. The van der Waals surface area contributed by atoms with Gasteiger partial charge in [0, 0.05) is 0 Å². The second-order valence-electron chi connectivity index (χ2n) is 11.0. The Hall–Kier alpha value is -5.50. The second-order valence-corrected chi connectivity index (χ2v) is 11.0. The van der Waals surface area contributed by atoms with E-state index in [9.17, 15) is 10.2 Å². The van der Waals surface area contributed by atoms with Gasteiger partial charge in [-0.15, -0.1) is 0 Å². The first kappa shape index (κ1) is 27.3. The van der Waals surface area contributed by atoms with Gasteiger partial charge in [-0.25, -0.2) is 0 Å². The van der Waals surface area contributed by atoms with Gasteiger partial charge in [-0.1, -0.05) is 84.9 Å². The molecule has 8 heteroatoms. The molecule has 2 N–H and O–H groups in total. The molecule has 0 aliphatic rings. The van der Waals surface area contributed by atoms with E-state index in [4.69, 9.17) is 20.4 Å². The third kappa shape index (κ3) is 5.49. The van der Waals surface area contributed by atoms with E-state index < -0.39 is 0 Å². The van der Waals surface area contributed by atoms with Crippen LogP contribution in [0.5, 0.6) is 11.5 Å². The summed E-state index contributed by atoms with van der Waals surface area (Å²) in [5.74, 6) is 0.567. The van der Waals surface area contributed by atoms with Crippen LogP contribution in [0.1, 0.15) is 47.2 Å². The molecule has 0 amide bonds. The van der Waals surface area contributed by atoms with E-state index in [2.05, 4.69) is 12.1 Å². The summed E-state index contributed by atoms with van der Waals surface area (Å²) in [5.41, 5.74) is 7.19. The van der Waals surface area contributed by atoms with Crippen molar-refractivity contribution in [1.29, 1.82) is 0 Å². The molecule has 0 saturated carbocycles. The Morgan fingerprint density at radius 2 is 0.750 bits per heavy atom. The standard InChI is InChI=1S/C36H32N6O2/c43-35-19-9-1-11-25(35)21-23-33(41-37-29-15-5-6-16-30(29)38-41)27-13-3-4-14-28(27)34(24-22-26-12-2-10-20-36(26)44)42-39-31-17-7-8-18-32(31)40-42/h1-20,33-34,43-44H,21-24H2. The summed E-state index contributed by atoms with van der Waals surface area (Å²) >= 11 is 0. The van der Waals surface area contributed by atoms with Crippen LogP contribution in [0.15, 0.2) is 121 Å². The highest BCUT2D eigenvalue weighted by Gasteiger charge is 2.27. The molecule has 2 aromatic heterocycles. The average molecular weight is 581 g/mol. The van der Waals surface area contributed by atoms with Crippen LogP contribution in [-0.4, -0.2) is 40.2 Å². The van der Waals surface area contributed by atoms with Gasteiger partial charge in [0.05, 0.1) is 12.1 Å². The first-order valence-electron chi connectivity index (χ1n) is 14.9. The van der Waals surface area contributed by atoms with Crippen molar-refractivity contribution in [2.45, 2.75) is 37.8 Å². The van der Waals surface area contributed by atoms with Gasteiger partial charge in [0.25, 0.3) is 0 Å². The predicted octanol–water partition coefficient (Wildman–Crippen LogP) is 7.03. The van der Waals surface area contributed by atoms with E-state index >= 15 is 0 Å². The van der Waals surface area contributed by atoms with E-state index in [1.165, 1.54) is 0 Å². The molecule has 5 aromatic carbocycles. The minimum Gasteiger partial charge on any atom is -0.508 e. The number of phenolic OH excluding ortho intramolecular Hbond substituents is 2. The Morgan fingerprint density at radius 1 is 0.432 bits per heavy atom. The molecule has 0 spiro atoms. The molecule has 0 aliphatic carbocycles. The summed E-state index contributed by atoms with van der Waals surface area (Å²) in [6.45, 7) is 0. The van der Waals surface area contributed by atoms with Crippen molar-refractivity contribution >= 4 is 22.1 Å². The fraction of sp³-hybridized carbons (Fsp3) is 0.167. The molecule has 0 bridgehead atoms. The fourth-order valence-electron chi connectivity index (χ4n) is 5.97. The number of aromatic nitrogens is 6. The molecule has 2 atom stereocenters. The Kier molecular flexibility index (Phi) is 7.46. The van der Waals surface area contributed by atoms with Gasteiger partial charge in [0.15, 0.2) is 0 Å². The number of para-hydroxylation sites is 2. The molecule has 8 nitrogen and oxygen atoms in total. The lowest BCUT2D eigenvalue weighted by Crippen LogP contribution is -2.21. The number of benzene rings is 5. The van der Waals surface area contributed by atoms with Crippen molar-refractivity contribution in [2.75, 3.05) is 0 Å². The fourth-order valence-corrected chi connectivity index (χ4v) is 5.97. The molecule has 0 radical (unpaired) electrons. The van der Waals surface area contributed by atoms with Crippen LogP contribution in [0.4, 0.5) is 0 Å². The molecule has 7 aromatic rings. The van der Waals surface area contributed by atoms with Gasteiger partial charge >= 0.3 is 0 Å². The van der Waals surface area contributed by atoms with Crippen LogP contribution < -0.4 is 0 Å². The second kappa shape index (κ2) is 12.0. The lowest BCUT2D eigenvalue weighted by Gasteiger charge is -2.25. The maximum Gasteiger partial charge on any atom is 0.118 e. The number of hydrogen-bond acceptors (Lipinski definition) is 6. The minimum atomic E-state index is -0.226. The summed E-state index contributed by atoms with van der Waals surface area (Å²) in [5, 5.41) is 40.8. The topological polar surface area (TPSA) is 102 Å². The largest absolute Gasteiger partial charge is 0.508 e. The van der Waals surface area contributed by atoms with Gasteiger partial charge in [0.1, 0.15) is 33.6 Å². The number of aryl methyl sites for hydroxylation is 2. The Morgan fingerprint density at radius 3 is 1.11 bits per heavy atom. The van der Waals surface area contributed by atoms with Crippen LogP contribution in [0, 0.1) is 0 Å². The van der Waals surface area contributed by atoms with Gasteiger partial charge in [-0.05, 0) is 84.3 Å². The van der Waals surface area contributed by atoms with Gasteiger partial charge < -0.3 is 10.2 Å². The lowest BCUT2D eigenvalue weighted by atomic mass is 9.89. The van der Waals surface area contributed by atoms with E-state index in [1.807, 2.05) is 107 Å².